The van der Waals surface area contributed by atoms with Crippen molar-refractivity contribution in [2.24, 2.45) is 0 Å². The number of rotatable bonds is 5. The monoisotopic (exact) mass is 241 g/mol. The zero-order chi connectivity index (χ0) is 12.8. The van der Waals surface area contributed by atoms with Crippen LogP contribution in [0, 0.1) is 5.82 Å². The first-order valence-electron chi connectivity index (χ1n) is 5.41. The molecule has 0 saturated heterocycles. The molecule has 0 unspecified atom stereocenters. The molecule has 5 heteroatoms. The maximum Gasteiger partial charge on any atom is 0.257 e. The molecule has 4 nitrogen and oxygen atoms in total. The van der Waals surface area contributed by atoms with E-state index in [1.54, 1.807) is 6.92 Å². The summed E-state index contributed by atoms with van der Waals surface area (Å²) in [5.41, 5.74) is 0.328. The summed E-state index contributed by atoms with van der Waals surface area (Å²) in [6.07, 6.45) is -0.852. The Hall–Kier alpha value is -1.62. The predicted octanol–water partition coefficient (Wildman–Crippen LogP) is 1.39. The summed E-state index contributed by atoms with van der Waals surface area (Å²) < 4.78 is 18.2. The molecule has 94 valence electrons. The van der Waals surface area contributed by atoms with E-state index < -0.39 is 11.9 Å². The van der Waals surface area contributed by atoms with E-state index in [0.717, 1.165) is 0 Å². The van der Waals surface area contributed by atoms with E-state index in [1.165, 1.54) is 25.1 Å². The quantitative estimate of drug-likeness (QED) is 0.819. The van der Waals surface area contributed by atoms with Crippen LogP contribution >= 0.6 is 0 Å². The zero-order valence-electron chi connectivity index (χ0n) is 9.87. The standard InChI is InChI=1S/C12H16FNO3/c1-3-14-12(16)7-17-11-5-4-9(13)6-10(11)8(2)15/h4-6,8,15H,3,7H2,1-2H3,(H,14,16)/t8-/m0/s1. The molecule has 2 N–H and O–H groups in total. The van der Waals surface area contributed by atoms with Gasteiger partial charge in [0.15, 0.2) is 6.61 Å². The molecule has 0 aliphatic carbocycles. The van der Waals surface area contributed by atoms with Gasteiger partial charge in [-0.05, 0) is 32.0 Å². The van der Waals surface area contributed by atoms with Crippen LogP contribution in [-0.2, 0) is 4.79 Å². The van der Waals surface area contributed by atoms with Crippen molar-refractivity contribution in [2.45, 2.75) is 20.0 Å². The van der Waals surface area contributed by atoms with Crippen molar-refractivity contribution in [3.05, 3.63) is 29.6 Å². The van der Waals surface area contributed by atoms with E-state index in [-0.39, 0.29) is 12.5 Å². The lowest BCUT2D eigenvalue weighted by Crippen LogP contribution is -2.28. The van der Waals surface area contributed by atoms with Crippen molar-refractivity contribution in [3.8, 4) is 5.75 Å². The molecule has 0 fully saturated rings. The smallest absolute Gasteiger partial charge is 0.257 e. The topological polar surface area (TPSA) is 58.6 Å². The van der Waals surface area contributed by atoms with Crippen molar-refractivity contribution < 1.29 is 19.0 Å². The third-order valence-electron chi connectivity index (χ3n) is 2.15. The van der Waals surface area contributed by atoms with Gasteiger partial charge in [0.25, 0.3) is 5.91 Å². The number of hydrogen-bond donors (Lipinski definition) is 2. The van der Waals surface area contributed by atoms with Crippen LogP contribution in [0.25, 0.3) is 0 Å². The van der Waals surface area contributed by atoms with Crippen molar-refractivity contribution in [2.75, 3.05) is 13.2 Å². The highest BCUT2D eigenvalue weighted by molar-refractivity contribution is 5.77. The van der Waals surface area contributed by atoms with E-state index >= 15 is 0 Å². The van der Waals surface area contributed by atoms with Gasteiger partial charge in [-0.25, -0.2) is 4.39 Å². The fourth-order valence-electron chi connectivity index (χ4n) is 1.37. The number of likely N-dealkylation sites (N-methyl/N-ethyl adjacent to an activating group) is 1. The number of nitrogens with one attached hydrogen (secondary N) is 1. The summed E-state index contributed by atoms with van der Waals surface area (Å²) in [5, 5.41) is 12.0. The van der Waals surface area contributed by atoms with Crippen LogP contribution in [0.4, 0.5) is 4.39 Å². The summed E-state index contributed by atoms with van der Waals surface area (Å²) in [4.78, 5) is 11.2. The van der Waals surface area contributed by atoms with Gasteiger partial charge in [0, 0.05) is 12.1 Å². The van der Waals surface area contributed by atoms with Gasteiger partial charge < -0.3 is 15.2 Å². The van der Waals surface area contributed by atoms with Gasteiger partial charge in [-0.1, -0.05) is 0 Å². The van der Waals surface area contributed by atoms with Crippen LogP contribution in [0.3, 0.4) is 0 Å². The number of carbonyl (C=O) groups excluding carboxylic acids is 1. The molecule has 0 saturated carbocycles. The minimum absolute atomic E-state index is 0.154. The number of aliphatic hydroxyl groups excluding tert-OH is 1. The maximum absolute atomic E-state index is 13.0. The maximum atomic E-state index is 13.0. The molecular formula is C12H16FNO3. The molecule has 17 heavy (non-hydrogen) atoms. The van der Waals surface area contributed by atoms with Gasteiger partial charge in [0.05, 0.1) is 6.10 Å². The van der Waals surface area contributed by atoms with Crippen LogP contribution in [0.1, 0.15) is 25.5 Å². The fraction of sp³-hybridized carbons (Fsp3) is 0.417. The summed E-state index contributed by atoms with van der Waals surface area (Å²) in [6.45, 7) is 3.68. The van der Waals surface area contributed by atoms with Gasteiger partial charge in [-0.15, -0.1) is 0 Å². The number of ether oxygens (including phenoxy) is 1. The second kappa shape index (κ2) is 6.20. The highest BCUT2D eigenvalue weighted by atomic mass is 19.1. The Labute approximate surface area is 99.4 Å². The molecule has 1 atom stereocenters. The number of amides is 1. The van der Waals surface area contributed by atoms with E-state index in [1.807, 2.05) is 0 Å². The van der Waals surface area contributed by atoms with E-state index in [2.05, 4.69) is 5.32 Å². The molecule has 0 aromatic heterocycles. The molecule has 1 aromatic rings. The highest BCUT2D eigenvalue weighted by Gasteiger charge is 2.11. The number of benzene rings is 1. The molecular weight excluding hydrogens is 225 g/mol. The Morgan fingerprint density at radius 2 is 2.29 bits per heavy atom. The Balaban J connectivity index is 2.73. The van der Waals surface area contributed by atoms with Gasteiger partial charge >= 0.3 is 0 Å². The summed E-state index contributed by atoms with van der Waals surface area (Å²) >= 11 is 0. The third-order valence-corrected chi connectivity index (χ3v) is 2.15. The second-order valence-corrected chi connectivity index (χ2v) is 3.60. The van der Waals surface area contributed by atoms with Gasteiger partial charge in [0.1, 0.15) is 11.6 Å². The molecule has 0 heterocycles. The Morgan fingerprint density at radius 3 is 2.88 bits per heavy atom. The number of aliphatic hydroxyl groups is 1. The normalized spacial score (nSPS) is 12.0. The summed E-state index contributed by atoms with van der Waals surface area (Å²) in [7, 11) is 0. The van der Waals surface area contributed by atoms with Crippen molar-refractivity contribution in [1.29, 1.82) is 0 Å². The molecule has 0 bridgehead atoms. The molecule has 0 spiro atoms. The molecule has 1 rings (SSSR count). The lowest BCUT2D eigenvalue weighted by atomic mass is 10.1. The summed E-state index contributed by atoms with van der Waals surface area (Å²) in [5.74, 6) is -0.396. The Bertz CT molecular complexity index is 393. The molecule has 0 aliphatic heterocycles. The average molecular weight is 241 g/mol. The minimum Gasteiger partial charge on any atom is -0.483 e. The second-order valence-electron chi connectivity index (χ2n) is 3.60. The lowest BCUT2D eigenvalue weighted by Gasteiger charge is -2.13. The summed E-state index contributed by atoms with van der Waals surface area (Å²) in [6, 6.07) is 3.81. The van der Waals surface area contributed by atoms with Crippen LogP contribution in [-0.4, -0.2) is 24.2 Å². The fourth-order valence-corrected chi connectivity index (χ4v) is 1.37. The molecule has 1 aromatic carbocycles. The van der Waals surface area contributed by atoms with E-state index in [9.17, 15) is 14.3 Å². The minimum atomic E-state index is -0.852. The van der Waals surface area contributed by atoms with Gasteiger partial charge in [-0.2, -0.15) is 0 Å². The van der Waals surface area contributed by atoms with E-state index in [4.69, 9.17) is 4.74 Å². The average Bonchev–Trinajstić information content (AvgIpc) is 2.27. The SMILES string of the molecule is CCNC(=O)COc1ccc(F)cc1[C@H](C)O. The predicted molar refractivity (Wildman–Crippen MR) is 61.2 cm³/mol. The van der Waals surface area contributed by atoms with Crippen LogP contribution in [0.2, 0.25) is 0 Å². The highest BCUT2D eigenvalue weighted by Crippen LogP contribution is 2.25. The Morgan fingerprint density at radius 1 is 1.59 bits per heavy atom. The number of hydrogen-bond acceptors (Lipinski definition) is 3. The zero-order valence-corrected chi connectivity index (χ0v) is 9.87. The Kier molecular flexibility index (Phi) is 4.90. The first-order chi connectivity index (χ1) is 8.04. The van der Waals surface area contributed by atoms with Crippen molar-refractivity contribution in [3.63, 3.8) is 0 Å². The third kappa shape index (κ3) is 4.03. The lowest BCUT2D eigenvalue weighted by molar-refractivity contribution is -0.123. The van der Waals surface area contributed by atoms with Gasteiger partial charge in [-0.3, -0.25) is 4.79 Å². The number of halogens is 1. The van der Waals surface area contributed by atoms with Crippen LogP contribution in [0.5, 0.6) is 5.75 Å². The molecule has 0 radical (unpaired) electrons. The van der Waals surface area contributed by atoms with Crippen molar-refractivity contribution >= 4 is 5.91 Å². The number of carbonyl (C=O) groups is 1. The first-order valence-corrected chi connectivity index (χ1v) is 5.41. The first kappa shape index (κ1) is 13.4. The van der Waals surface area contributed by atoms with Crippen LogP contribution in [0.15, 0.2) is 18.2 Å². The van der Waals surface area contributed by atoms with Gasteiger partial charge in [0.2, 0.25) is 0 Å². The van der Waals surface area contributed by atoms with E-state index in [0.29, 0.717) is 17.9 Å². The largest absolute Gasteiger partial charge is 0.483 e. The van der Waals surface area contributed by atoms with Crippen molar-refractivity contribution in [1.82, 2.24) is 5.32 Å². The molecule has 1 amide bonds. The van der Waals surface area contributed by atoms with Crippen LogP contribution < -0.4 is 10.1 Å². The molecule has 0 aliphatic rings.